The van der Waals surface area contributed by atoms with Crippen LogP contribution in [0.15, 0.2) is 23.1 Å². The van der Waals surface area contributed by atoms with Gasteiger partial charge in [-0.05, 0) is 18.6 Å². The normalized spacial score (nSPS) is 12.5. The fourth-order valence-corrected chi connectivity index (χ4v) is 1.68. The number of carbonyl (C=O) groups is 1. The molecule has 8 nitrogen and oxygen atoms in total. The number of carboxylic acid groups (broad SMARTS) is 1. The Morgan fingerprint density at radius 2 is 2.39 bits per heavy atom. The number of nitrogens with one attached hydrogen (secondary N) is 2. The van der Waals surface area contributed by atoms with Crippen LogP contribution in [0.3, 0.4) is 0 Å². The first-order valence-electron chi connectivity index (χ1n) is 5.29. The van der Waals surface area contributed by atoms with Crippen LogP contribution in [0.25, 0.3) is 5.65 Å². The molecule has 0 fully saturated rings. The highest BCUT2D eigenvalue weighted by Gasteiger charge is 2.17. The summed E-state index contributed by atoms with van der Waals surface area (Å²) in [6.45, 7) is -0.221. The van der Waals surface area contributed by atoms with E-state index in [2.05, 4.69) is 15.3 Å². The van der Waals surface area contributed by atoms with E-state index >= 15 is 0 Å². The van der Waals surface area contributed by atoms with Gasteiger partial charge in [-0.15, -0.1) is 0 Å². The second kappa shape index (κ2) is 4.88. The Kier molecular flexibility index (Phi) is 3.28. The van der Waals surface area contributed by atoms with Crippen LogP contribution < -0.4 is 11.0 Å². The molecule has 0 saturated heterocycles. The van der Waals surface area contributed by atoms with Crippen LogP contribution in [0.5, 0.6) is 0 Å². The largest absolute Gasteiger partial charge is 0.465 e. The number of nitrogens with zero attached hydrogens (tertiary/aromatic N) is 2. The van der Waals surface area contributed by atoms with E-state index in [1.54, 1.807) is 18.3 Å². The van der Waals surface area contributed by atoms with E-state index in [9.17, 15) is 9.59 Å². The van der Waals surface area contributed by atoms with Crippen molar-refractivity contribution in [1.29, 1.82) is 0 Å². The van der Waals surface area contributed by atoms with Gasteiger partial charge in [-0.2, -0.15) is 0 Å². The number of aliphatic hydroxyl groups is 1. The third-order valence-corrected chi connectivity index (χ3v) is 2.46. The number of aromatic amines is 1. The minimum atomic E-state index is -1.24. The van der Waals surface area contributed by atoms with Crippen LogP contribution in [0, 0.1) is 0 Å². The molecule has 0 spiro atoms. The summed E-state index contributed by atoms with van der Waals surface area (Å²) in [6.07, 6.45) is 0.439. The maximum Gasteiger partial charge on any atom is 0.405 e. The molecular formula is C10H12N4O4. The summed E-state index contributed by atoms with van der Waals surface area (Å²) in [6, 6.07) is 2.54. The zero-order valence-electron chi connectivity index (χ0n) is 9.33. The molecule has 4 N–H and O–H groups in total. The highest BCUT2D eigenvalue weighted by Crippen LogP contribution is 2.11. The number of hydrogen-bond donors (Lipinski definition) is 4. The van der Waals surface area contributed by atoms with E-state index < -0.39 is 17.8 Å². The molecule has 1 amide bonds. The van der Waals surface area contributed by atoms with Crippen LogP contribution in [-0.2, 0) is 0 Å². The topological polar surface area (TPSA) is 120 Å². The fourth-order valence-electron chi connectivity index (χ4n) is 1.68. The average molecular weight is 252 g/mol. The summed E-state index contributed by atoms with van der Waals surface area (Å²) in [5.41, 5.74) is 0.0130. The lowest BCUT2D eigenvalue weighted by Crippen LogP contribution is -2.31. The van der Waals surface area contributed by atoms with E-state index in [1.807, 2.05) is 0 Å². The number of hydrogen-bond acceptors (Lipinski definition) is 4. The second-order valence-corrected chi connectivity index (χ2v) is 3.68. The summed E-state index contributed by atoms with van der Waals surface area (Å²) in [5, 5.41) is 19.8. The third kappa shape index (κ3) is 2.33. The predicted molar refractivity (Wildman–Crippen MR) is 61.4 cm³/mol. The molecule has 8 heteroatoms. The molecule has 0 radical (unpaired) electrons. The van der Waals surface area contributed by atoms with Crippen molar-refractivity contribution in [1.82, 2.24) is 19.7 Å². The van der Waals surface area contributed by atoms with Gasteiger partial charge < -0.3 is 15.5 Å². The van der Waals surface area contributed by atoms with Gasteiger partial charge in [0.05, 0.1) is 6.04 Å². The predicted octanol–water partition coefficient (Wildman–Crippen LogP) is -0.286. The summed E-state index contributed by atoms with van der Waals surface area (Å²) < 4.78 is 1.31. The SMILES string of the molecule is O=C(O)NC(CCO)c1nc2cccn2c(=O)[nH]1. The van der Waals surface area contributed by atoms with Gasteiger partial charge in [-0.3, -0.25) is 9.38 Å². The van der Waals surface area contributed by atoms with Crippen molar-refractivity contribution in [2.75, 3.05) is 6.61 Å². The molecule has 96 valence electrons. The molecule has 1 unspecified atom stereocenters. The maximum atomic E-state index is 11.7. The van der Waals surface area contributed by atoms with Gasteiger partial charge >= 0.3 is 11.8 Å². The lowest BCUT2D eigenvalue weighted by atomic mass is 10.2. The smallest absolute Gasteiger partial charge is 0.405 e. The van der Waals surface area contributed by atoms with Crippen LogP contribution in [0.2, 0.25) is 0 Å². The van der Waals surface area contributed by atoms with Gasteiger partial charge in [0.2, 0.25) is 0 Å². The third-order valence-electron chi connectivity index (χ3n) is 2.46. The van der Waals surface area contributed by atoms with E-state index in [-0.39, 0.29) is 18.9 Å². The number of aliphatic hydroxyl groups excluding tert-OH is 1. The number of aromatic nitrogens is 3. The molecule has 1 atom stereocenters. The summed E-state index contributed by atoms with van der Waals surface area (Å²) in [5.74, 6) is 0.183. The molecule has 2 rings (SSSR count). The Hall–Kier alpha value is -2.35. The average Bonchev–Trinajstić information content (AvgIpc) is 2.76. The molecule has 0 aliphatic rings. The Balaban J connectivity index is 2.43. The molecule has 0 aliphatic carbocycles. The Bertz CT molecular complexity index is 618. The molecule has 0 aliphatic heterocycles. The van der Waals surface area contributed by atoms with Crippen molar-refractivity contribution in [3.63, 3.8) is 0 Å². The van der Waals surface area contributed by atoms with Crippen LogP contribution >= 0.6 is 0 Å². The first-order chi connectivity index (χ1) is 8.61. The summed E-state index contributed by atoms with van der Waals surface area (Å²) in [7, 11) is 0. The van der Waals surface area contributed by atoms with Gasteiger partial charge in [0.1, 0.15) is 11.5 Å². The molecule has 0 saturated carbocycles. The van der Waals surface area contributed by atoms with Gasteiger partial charge in [-0.25, -0.2) is 14.6 Å². The van der Waals surface area contributed by atoms with Crippen molar-refractivity contribution in [3.8, 4) is 0 Å². The minimum absolute atomic E-state index is 0.131. The highest BCUT2D eigenvalue weighted by molar-refractivity contribution is 5.65. The number of amides is 1. The maximum absolute atomic E-state index is 11.7. The van der Waals surface area contributed by atoms with E-state index in [4.69, 9.17) is 10.2 Å². The highest BCUT2D eigenvalue weighted by atomic mass is 16.4. The van der Waals surface area contributed by atoms with Crippen molar-refractivity contribution < 1.29 is 15.0 Å². The zero-order chi connectivity index (χ0) is 13.1. The molecular weight excluding hydrogens is 240 g/mol. The van der Waals surface area contributed by atoms with Crippen molar-refractivity contribution >= 4 is 11.7 Å². The van der Waals surface area contributed by atoms with E-state index in [1.165, 1.54) is 4.40 Å². The molecule has 2 aromatic heterocycles. The molecule has 0 aromatic carbocycles. The molecule has 2 heterocycles. The Morgan fingerprint density at radius 3 is 3.06 bits per heavy atom. The van der Waals surface area contributed by atoms with Gasteiger partial charge in [0, 0.05) is 12.8 Å². The number of rotatable bonds is 4. The first-order valence-corrected chi connectivity index (χ1v) is 5.29. The van der Waals surface area contributed by atoms with Crippen LogP contribution in [-0.4, -0.2) is 37.3 Å². The minimum Gasteiger partial charge on any atom is -0.465 e. The van der Waals surface area contributed by atoms with E-state index in [0.717, 1.165) is 0 Å². The van der Waals surface area contributed by atoms with Crippen LogP contribution in [0.4, 0.5) is 4.79 Å². The lowest BCUT2D eigenvalue weighted by molar-refractivity contribution is 0.184. The monoisotopic (exact) mass is 252 g/mol. The van der Waals surface area contributed by atoms with Gasteiger partial charge in [-0.1, -0.05) is 0 Å². The van der Waals surface area contributed by atoms with Crippen molar-refractivity contribution in [2.45, 2.75) is 12.5 Å². The first kappa shape index (κ1) is 12.1. The quantitative estimate of drug-likeness (QED) is 0.596. The van der Waals surface area contributed by atoms with E-state index in [0.29, 0.717) is 5.65 Å². The van der Waals surface area contributed by atoms with Crippen molar-refractivity contribution in [2.24, 2.45) is 0 Å². The molecule has 2 aromatic rings. The number of fused-ring (bicyclic) bond motifs is 1. The summed E-state index contributed by atoms with van der Waals surface area (Å²) >= 11 is 0. The van der Waals surface area contributed by atoms with Crippen molar-refractivity contribution in [3.05, 3.63) is 34.6 Å². The molecule has 0 bridgehead atoms. The summed E-state index contributed by atoms with van der Waals surface area (Å²) in [4.78, 5) is 28.9. The standard InChI is InChI=1S/C10H12N4O4/c15-5-3-6(11-10(17)18)8-12-7-2-1-4-14(7)9(16)13-8/h1-2,4,6,11,15H,3,5H2,(H,17,18)(H,12,13,16). The Labute approximate surface area is 101 Å². The Morgan fingerprint density at radius 1 is 1.61 bits per heavy atom. The lowest BCUT2D eigenvalue weighted by Gasteiger charge is -2.14. The fraction of sp³-hybridized carbons (Fsp3) is 0.300. The second-order valence-electron chi connectivity index (χ2n) is 3.68. The van der Waals surface area contributed by atoms with Gasteiger partial charge in [0.25, 0.3) is 0 Å². The molecule has 18 heavy (non-hydrogen) atoms. The van der Waals surface area contributed by atoms with Crippen LogP contribution in [0.1, 0.15) is 18.3 Å². The number of H-pyrrole nitrogens is 1. The van der Waals surface area contributed by atoms with Gasteiger partial charge in [0.15, 0.2) is 0 Å². The zero-order valence-corrected chi connectivity index (χ0v) is 9.33.